The van der Waals surface area contributed by atoms with Gasteiger partial charge in [0.2, 0.25) is 12.8 Å². The highest BCUT2D eigenvalue weighted by atomic mass is 33.1. The summed E-state index contributed by atoms with van der Waals surface area (Å²) in [5.74, 6) is 0. The number of nitrogens with zero attached hydrogens (tertiary/aromatic N) is 4. The third-order valence-corrected chi connectivity index (χ3v) is 11.4. The Balaban J connectivity index is 1.49. The van der Waals surface area contributed by atoms with Crippen LogP contribution in [0.5, 0.6) is 0 Å². The zero-order valence-corrected chi connectivity index (χ0v) is 20.3. The maximum absolute atomic E-state index is 2.50. The lowest BCUT2D eigenvalue weighted by atomic mass is 9.71. The molecule has 0 saturated heterocycles. The molecule has 0 aromatic carbocycles. The third-order valence-electron chi connectivity index (χ3n) is 6.64. The first-order chi connectivity index (χ1) is 15.8. The molecule has 3 aliphatic rings. The van der Waals surface area contributed by atoms with E-state index < -0.39 is 0 Å². The molecule has 8 heteroatoms. The molecule has 4 nitrogen and oxygen atoms in total. The van der Waals surface area contributed by atoms with Gasteiger partial charge in [-0.05, 0) is 24.3 Å². The Bertz CT molecular complexity index is 1170. The van der Waals surface area contributed by atoms with Crippen LogP contribution in [0.15, 0.2) is 118 Å². The molecule has 0 N–H and O–H groups in total. The molecule has 4 aromatic rings. The van der Waals surface area contributed by atoms with Crippen LogP contribution in [0.1, 0.15) is 12.8 Å². The molecular formula is C24H20N4S4+4. The van der Waals surface area contributed by atoms with Gasteiger partial charge in [-0.25, -0.2) is 0 Å². The summed E-state index contributed by atoms with van der Waals surface area (Å²) in [5.41, 5.74) is -0.326. The van der Waals surface area contributed by atoms with Gasteiger partial charge in [0.05, 0.1) is 0 Å². The van der Waals surface area contributed by atoms with E-state index in [2.05, 4.69) is 116 Å². The van der Waals surface area contributed by atoms with Gasteiger partial charge < -0.3 is 0 Å². The fraction of sp³-hybridized carbons (Fsp3) is 0.167. The van der Waals surface area contributed by atoms with Gasteiger partial charge in [0.15, 0.2) is 24.8 Å². The van der Waals surface area contributed by atoms with Gasteiger partial charge in [0, 0.05) is 91.7 Å². The highest BCUT2D eigenvalue weighted by molar-refractivity contribution is 8.76. The maximum Gasteiger partial charge on any atom is 0.391 e. The van der Waals surface area contributed by atoms with E-state index >= 15 is 0 Å². The standard InChI is InChI=1S/C24H20N4S4/c1-5-13-25-19(9-1)29-30-20-10-2-6-14-26(20)23(25)17-24(18-23)27-15-7-3-11-21(27)31-32-22-12-4-8-16-28(22)24/h1-16H,17-18H2/q+4. The smallest absolute Gasteiger partial charge is 0.127 e. The second-order valence-electron chi connectivity index (χ2n) is 8.29. The number of fused-ring (bicyclic) bond motifs is 8. The Hall–Kier alpha value is -2.00. The molecule has 0 bridgehead atoms. The van der Waals surface area contributed by atoms with Gasteiger partial charge in [-0.15, -0.1) is 18.3 Å². The van der Waals surface area contributed by atoms with Crippen LogP contribution in [-0.2, 0) is 11.3 Å². The summed E-state index contributed by atoms with van der Waals surface area (Å²) in [6.45, 7) is 0. The monoisotopic (exact) mass is 492 g/mol. The fourth-order valence-electron chi connectivity index (χ4n) is 5.30. The molecule has 2 aliphatic heterocycles. The molecule has 4 aromatic heterocycles. The summed E-state index contributed by atoms with van der Waals surface area (Å²) in [5, 5.41) is 5.19. The summed E-state index contributed by atoms with van der Waals surface area (Å²) in [6, 6.07) is 26.2. The van der Waals surface area contributed by atoms with Crippen molar-refractivity contribution in [2.45, 2.75) is 44.3 Å². The maximum atomic E-state index is 2.50. The average molecular weight is 493 g/mol. The predicted octanol–water partition coefficient (Wildman–Crippen LogP) is 3.96. The lowest BCUT2D eigenvalue weighted by Gasteiger charge is -2.38. The predicted molar refractivity (Wildman–Crippen MR) is 126 cm³/mol. The van der Waals surface area contributed by atoms with Crippen LogP contribution in [0, 0.1) is 0 Å². The van der Waals surface area contributed by atoms with Crippen LogP contribution in [0.2, 0.25) is 0 Å². The lowest BCUT2D eigenvalue weighted by Crippen LogP contribution is -2.92. The lowest BCUT2D eigenvalue weighted by molar-refractivity contribution is -1.11. The summed E-state index contributed by atoms with van der Waals surface area (Å²) < 4.78 is 10.0. The molecule has 0 unspecified atom stereocenters. The zero-order chi connectivity index (χ0) is 21.2. The molecule has 1 saturated carbocycles. The summed E-state index contributed by atoms with van der Waals surface area (Å²) in [4.78, 5) is 0. The second kappa shape index (κ2) is 7.25. The van der Waals surface area contributed by atoms with Gasteiger partial charge in [-0.2, -0.15) is 0 Å². The van der Waals surface area contributed by atoms with Crippen molar-refractivity contribution < 1.29 is 18.3 Å². The van der Waals surface area contributed by atoms with Crippen LogP contribution in [0.3, 0.4) is 0 Å². The number of pyridine rings is 4. The van der Waals surface area contributed by atoms with Crippen LogP contribution >= 0.6 is 43.2 Å². The SMILES string of the molecule is c1cc[n+]2c(c1)SSc1cccc[n+]1C21CC2(C1)[n+]1ccccc1SSc1cccc[n+]12. The highest BCUT2D eigenvalue weighted by Gasteiger charge is 2.82. The van der Waals surface area contributed by atoms with E-state index in [1.165, 1.54) is 20.1 Å². The van der Waals surface area contributed by atoms with Crippen molar-refractivity contribution in [1.29, 1.82) is 0 Å². The van der Waals surface area contributed by atoms with E-state index in [1.807, 2.05) is 43.2 Å². The van der Waals surface area contributed by atoms with Crippen molar-refractivity contribution >= 4 is 43.2 Å². The molecular weight excluding hydrogens is 473 g/mol. The van der Waals surface area contributed by atoms with E-state index in [9.17, 15) is 0 Å². The number of aromatic nitrogens is 4. The third kappa shape index (κ3) is 2.64. The molecule has 2 spiro atoms. The summed E-state index contributed by atoms with van der Waals surface area (Å²) in [7, 11) is 7.40. The van der Waals surface area contributed by atoms with E-state index in [4.69, 9.17) is 0 Å². The van der Waals surface area contributed by atoms with Crippen LogP contribution < -0.4 is 18.3 Å². The van der Waals surface area contributed by atoms with E-state index in [0.717, 1.165) is 12.8 Å². The molecule has 1 aliphatic carbocycles. The summed E-state index contributed by atoms with van der Waals surface area (Å²) >= 11 is 0. The van der Waals surface area contributed by atoms with E-state index in [0.29, 0.717) is 0 Å². The molecule has 6 heterocycles. The normalized spacial score (nSPS) is 19.0. The van der Waals surface area contributed by atoms with Crippen molar-refractivity contribution in [3.05, 3.63) is 97.6 Å². The Morgan fingerprint density at radius 1 is 0.438 bits per heavy atom. The van der Waals surface area contributed by atoms with Gasteiger partial charge in [-0.1, -0.05) is 0 Å². The van der Waals surface area contributed by atoms with Crippen molar-refractivity contribution in [3.63, 3.8) is 0 Å². The quantitative estimate of drug-likeness (QED) is 0.273. The largest absolute Gasteiger partial charge is 0.391 e. The molecule has 0 atom stereocenters. The van der Waals surface area contributed by atoms with E-state index in [-0.39, 0.29) is 11.3 Å². The molecule has 7 rings (SSSR count). The zero-order valence-electron chi connectivity index (χ0n) is 17.1. The van der Waals surface area contributed by atoms with Crippen molar-refractivity contribution in [3.8, 4) is 0 Å². The van der Waals surface area contributed by atoms with Crippen LogP contribution in [0.25, 0.3) is 0 Å². The number of rotatable bonds is 0. The Morgan fingerprint density at radius 3 is 1.00 bits per heavy atom. The Morgan fingerprint density at radius 2 is 0.719 bits per heavy atom. The van der Waals surface area contributed by atoms with Crippen molar-refractivity contribution in [2.24, 2.45) is 0 Å². The average Bonchev–Trinajstić information content (AvgIpc) is 3.06. The minimum Gasteiger partial charge on any atom is -0.127 e. The molecule has 0 radical (unpaired) electrons. The first kappa shape index (κ1) is 19.5. The first-order valence-corrected chi connectivity index (χ1v) is 14.8. The number of hydrogen-bond donors (Lipinski definition) is 0. The molecule has 1 fully saturated rings. The molecule has 156 valence electrons. The minimum atomic E-state index is -0.163. The Labute approximate surface area is 202 Å². The van der Waals surface area contributed by atoms with Gasteiger partial charge in [0.1, 0.15) is 0 Å². The van der Waals surface area contributed by atoms with Crippen LogP contribution in [-0.4, -0.2) is 0 Å². The van der Waals surface area contributed by atoms with Crippen molar-refractivity contribution in [1.82, 2.24) is 0 Å². The van der Waals surface area contributed by atoms with Crippen LogP contribution in [0.4, 0.5) is 0 Å². The Kier molecular flexibility index (Phi) is 4.41. The highest BCUT2D eigenvalue weighted by Crippen LogP contribution is 2.50. The first-order valence-electron chi connectivity index (χ1n) is 10.5. The molecule has 32 heavy (non-hydrogen) atoms. The van der Waals surface area contributed by atoms with Gasteiger partial charge in [0.25, 0.3) is 20.1 Å². The topological polar surface area (TPSA) is 15.5 Å². The molecule has 0 amide bonds. The second-order valence-corrected chi connectivity index (χ2v) is 12.6. The van der Waals surface area contributed by atoms with Gasteiger partial charge in [-0.3, -0.25) is 0 Å². The number of hydrogen-bond acceptors (Lipinski definition) is 4. The van der Waals surface area contributed by atoms with Gasteiger partial charge >= 0.3 is 11.3 Å². The van der Waals surface area contributed by atoms with E-state index in [1.54, 1.807) is 0 Å². The van der Waals surface area contributed by atoms with Crippen molar-refractivity contribution in [2.75, 3.05) is 0 Å². The fourth-order valence-corrected chi connectivity index (χ4v) is 10.1. The summed E-state index contributed by atoms with van der Waals surface area (Å²) in [6.07, 6.45) is 11.0. The minimum absolute atomic E-state index is 0.163.